The van der Waals surface area contributed by atoms with Crippen LogP contribution in [0.4, 0.5) is 5.82 Å². The molecule has 2 aromatic rings. The number of rotatable bonds is 2. The number of aromatic nitrogens is 3. The summed E-state index contributed by atoms with van der Waals surface area (Å²) in [5.41, 5.74) is 7.27. The van der Waals surface area contributed by atoms with Crippen molar-refractivity contribution < 1.29 is 8.42 Å². The van der Waals surface area contributed by atoms with Gasteiger partial charge in [-0.05, 0) is 25.3 Å². The zero-order valence-electron chi connectivity index (χ0n) is 9.78. The van der Waals surface area contributed by atoms with Crippen LogP contribution in [0.5, 0.6) is 0 Å². The van der Waals surface area contributed by atoms with E-state index in [1.807, 2.05) is 0 Å². The average Bonchev–Trinajstić information content (AvgIpc) is 2.86. The lowest BCUT2D eigenvalue weighted by molar-refractivity contribution is 0.588. The molecule has 0 spiro atoms. The Balaban J connectivity index is 1.99. The zero-order valence-corrected chi connectivity index (χ0v) is 10.6. The Bertz CT molecular complexity index is 692. The monoisotopic (exact) mass is 266 g/mol. The van der Waals surface area contributed by atoms with Gasteiger partial charge in [0.1, 0.15) is 5.82 Å². The molecule has 3 rings (SSSR count). The van der Waals surface area contributed by atoms with Gasteiger partial charge >= 0.3 is 0 Å². The van der Waals surface area contributed by atoms with Crippen molar-refractivity contribution in [3.05, 3.63) is 24.0 Å². The van der Waals surface area contributed by atoms with Gasteiger partial charge in [-0.15, -0.1) is 0 Å². The minimum Gasteiger partial charge on any atom is -0.384 e. The molecule has 1 aliphatic heterocycles. The summed E-state index contributed by atoms with van der Waals surface area (Å²) in [5.74, 6) is 0.799. The summed E-state index contributed by atoms with van der Waals surface area (Å²) in [6.45, 7) is 0. The molecule has 1 unspecified atom stereocenters. The standard InChI is InChI=1S/C11H14N4O2S/c12-10-3-4-13-11-8(7-14-15(10)11)6-9-2-1-5-18(9,16)17/h3-4,7,9H,1-2,5-6,12H2. The Morgan fingerprint density at radius 1 is 1.50 bits per heavy atom. The Labute approximate surface area is 105 Å². The van der Waals surface area contributed by atoms with Crippen LogP contribution in [0.2, 0.25) is 0 Å². The van der Waals surface area contributed by atoms with Crippen LogP contribution >= 0.6 is 0 Å². The predicted molar refractivity (Wildman–Crippen MR) is 67.9 cm³/mol. The van der Waals surface area contributed by atoms with E-state index < -0.39 is 9.84 Å². The van der Waals surface area contributed by atoms with Crippen LogP contribution in [0.15, 0.2) is 18.5 Å². The highest BCUT2D eigenvalue weighted by Crippen LogP contribution is 2.25. The number of nitrogens with zero attached hydrogens (tertiary/aromatic N) is 3. The summed E-state index contributed by atoms with van der Waals surface area (Å²) in [4.78, 5) is 4.22. The molecule has 0 aliphatic carbocycles. The topological polar surface area (TPSA) is 90.3 Å². The number of fused-ring (bicyclic) bond motifs is 1. The number of hydrogen-bond acceptors (Lipinski definition) is 5. The summed E-state index contributed by atoms with van der Waals surface area (Å²) in [7, 11) is -2.94. The average molecular weight is 266 g/mol. The van der Waals surface area contributed by atoms with Crippen LogP contribution in [0.25, 0.3) is 5.65 Å². The van der Waals surface area contributed by atoms with Crippen LogP contribution < -0.4 is 5.73 Å². The van der Waals surface area contributed by atoms with Gasteiger partial charge in [-0.2, -0.15) is 9.61 Å². The lowest BCUT2D eigenvalue weighted by atomic mass is 10.1. The van der Waals surface area contributed by atoms with Gasteiger partial charge < -0.3 is 5.73 Å². The fourth-order valence-corrected chi connectivity index (χ4v) is 4.30. The molecule has 3 heterocycles. The highest BCUT2D eigenvalue weighted by molar-refractivity contribution is 7.92. The smallest absolute Gasteiger partial charge is 0.160 e. The third-order valence-electron chi connectivity index (χ3n) is 3.41. The molecule has 18 heavy (non-hydrogen) atoms. The number of nitrogen functional groups attached to an aromatic ring is 1. The van der Waals surface area contributed by atoms with Gasteiger partial charge in [0.15, 0.2) is 15.5 Å². The third kappa shape index (κ3) is 1.74. The fraction of sp³-hybridized carbons (Fsp3) is 0.455. The lowest BCUT2D eigenvalue weighted by Crippen LogP contribution is -2.18. The van der Waals surface area contributed by atoms with E-state index in [1.165, 1.54) is 4.52 Å². The SMILES string of the molecule is Nc1ccnc2c(CC3CCCS3(=O)=O)cnn12. The third-order valence-corrected chi connectivity index (χ3v) is 5.69. The van der Waals surface area contributed by atoms with Gasteiger partial charge in [0.25, 0.3) is 0 Å². The first-order valence-corrected chi connectivity index (χ1v) is 7.58. The molecule has 0 aromatic carbocycles. The van der Waals surface area contributed by atoms with E-state index in [2.05, 4.69) is 10.1 Å². The Kier molecular flexibility index (Phi) is 2.51. The number of sulfone groups is 1. The molecular weight excluding hydrogens is 252 g/mol. The van der Waals surface area contributed by atoms with Crippen molar-refractivity contribution in [1.29, 1.82) is 0 Å². The van der Waals surface area contributed by atoms with Gasteiger partial charge in [-0.25, -0.2) is 13.4 Å². The van der Waals surface area contributed by atoms with E-state index >= 15 is 0 Å². The van der Waals surface area contributed by atoms with Crippen LogP contribution in [-0.4, -0.2) is 34.0 Å². The molecule has 0 saturated carbocycles. The first-order chi connectivity index (χ1) is 8.58. The van der Waals surface area contributed by atoms with E-state index in [4.69, 9.17) is 5.73 Å². The highest BCUT2D eigenvalue weighted by atomic mass is 32.2. The molecule has 96 valence electrons. The van der Waals surface area contributed by atoms with Gasteiger partial charge in [-0.1, -0.05) is 0 Å². The number of nitrogens with two attached hydrogens (primary N) is 1. The lowest BCUT2D eigenvalue weighted by Gasteiger charge is -2.07. The number of anilines is 1. The van der Waals surface area contributed by atoms with Crippen LogP contribution in [0, 0.1) is 0 Å². The van der Waals surface area contributed by atoms with Gasteiger partial charge in [-0.3, -0.25) is 0 Å². The zero-order chi connectivity index (χ0) is 12.8. The van der Waals surface area contributed by atoms with Crippen molar-refractivity contribution >= 4 is 21.3 Å². The van der Waals surface area contributed by atoms with E-state index in [1.54, 1.807) is 18.5 Å². The minimum atomic E-state index is -2.94. The molecule has 1 saturated heterocycles. The summed E-state index contributed by atoms with van der Waals surface area (Å²) in [6.07, 6.45) is 5.22. The molecule has 0 bridgehead atoms. The summed E-state index contributed by atoms with van der Waals surface area (Å²) in [5, 5.41) is 3.84. The van der Waals surface area contributed by atoms with Crippen molar-refractivity contribution in [1.82, 2.24) is 14.6 Å². The molecule has 2 N–H and O–H groups in total. The van der Waals surface area contributed by atoms with Gasteiger partial charge in [0.2, 0.25) is 0 Å². The first-order valence-electron chi connectivity index (χ1n) is 5.86. The summed E-state index contributed by atoms with van der Waals surface area (Å²) >= 11 is 0. The second-order valence-corrected chi connectivity index (χ2v) is 7.01. The quantitative estimate of drug-likeness (QED) is 0.851. The van der Waals surface area contributed by atoms with Gasteiger partial charge in [0.05, 0.1) is 17.2 Å². The summed E-state index contributed by atoms with van der Waals surface area (Å²) < 4.78 is 25.2. The maximum atomic E-state index is 11.8. The molecular formula is C11H14N4O2S. The normalized spacial score (nSPS) is 22.6. The van der Waals surface area contributed by atoms with E-state index in [0.717, 1.165) is 18.4 Å². The maximum absolute atomic E-state index is 11.8. The Morgan fingerprint density at radius 3 is 3.06 bits per heavy atom. The Morgan fingerprint density at radius 2 is 2.33 bits per heavy atom. The van der Waals surface area contributed by atoms with Crippen molar-refractivity contribution in [2.24, 2.45) is 0 Å². The molecule has 1 atom stereocenters. The molecule has 0 amide bonds. The van der Waals surface area contributed by atoms with Crippen molar-refractivity contribution in [2.75, 3.05) is 11.5 Å². The minimum absolute atomic E-state index is 0.297. The molecule has 7 heteroatoms. The first kappa shape index (κ1) is 11.5. The molecule has 1 aliphatic rings. The second kappa shape index (κ2) is 3.94. The van der Waals surface area contributed by atoms with Crippen LogP contribution in [0.1, 0.15) is 18.4 Å². The molecule has 0 radical (unpaired) electrons. The van der Waals surface area contributed by atoms with Gasteiger partial charge in [0, 0.05) is 11.8 Å². The highest BCUT2D eigenvalue weighted by Gasteiger charge is 2.32. The maximum Gasteiger partial charge on any atom is 0.160 e. The van der Waals surface area contributed by atoms with Crippen molar-refractivity contribution in [2.45, 2.75) is 24.5 Å². The fourth-order valence-electron chi connectivity index (χ4n) is 2.43. The van der Waals surface area contributed by atoms with Crippen LogP contribution in [0.3, 0.4) is 0 Å². The van der Waals surface area contributed by atoms with Crippen LogP contribution in [-0.2, 0) is 16.3 Å². The molecule has 1 fully saturated rings. The largest absolute Gasteiger partial charge is 0.384 e. The van der Waals surface area contributed by atoms with Crippen molar-refractivity contribution in [3.8, 4) is 0 Å². The molecule has 2 aromatic heterocycles. The summed E-state index contributed by atoms with van der Waals surface area (Å²) in [6, 6.07) is 1.66. The molecule has 6 nitrogen and oxygen atoms in total. The number of hydrogen-bond donors (Lipinski definition) is 1. The predicted octanol–water partition coefficient (Wildman–Crippen LogP) is 0.431. The van der Waals surface area contributed by atoms with E-state index in [0.29, 0.717) is 23.6 Å². The van der Waals surface area contributed by atoms with E-state index in [-0.39, 0.29) is 5.25 Å². The Hall–Kier alpha value is -1.63. The van der Waals surface area contributed by atoms with E-state index in [9.17, 15) is 8.42 Å². The van der Waals surface area contributed by atoms with Crippen molar-refractivity contribution in [3.63, 3.8) is 0 Å². The second-order valence-electron chi connectivity index (χ2n) is 4.61.